The van der Waals surface area contributed by atoms with Gasteiger partial charge in [-0.15, -0.1) is 0 Å². The van der Waals surface area contributed by atoms with Crippen LogP contribution in [0.15, 0.2) is 65.7 Å². The molecule has 1 aliphatic carbocycles. The normalized spacial score (nSPS) is 15.7. The number of benzene rings is 3. The molecule has 1 aromatic heterocycles. The summed E-state index contributed by atoms with van der Waals surface area (Å²) in [7, 11) is -3.51. The van der Waals surface area contributed by atoms with Crippen molar-refractivity contribution in [2.24, 2.45) is 0 Å². The molecule has 1 unspecified atom stereocenters. The van der Waals surface area contributed by atoms with Crippen LogP contribution in [0.2, 0.25) is 5.02 Å². The summed E-state index contributed by atoms with van der Waals surface area (Å²) in [4.78, 5) is 47.7. The summed E-state index contributed by atoms with van der Waals surface area (Å²) in [6.07, 6.45) is 4.73. The van der Waals surface area contributed by atoms with Crippen molar-refractivity contribution in [2.45, 2.75) is 120 Å². The number of carbonyl (C=O) groups excluding carboxylic acids is 3. The Hall–Kier alpha value is -4.25. The SMILES string of the molecule is [CH2-]CC(O)(C[CH2-])c1ccc2c(c1)CN(C1CCC(=O)CCCC1=O)C2=O.[CH2-]Cc1cc(OC(C)C)c(Nc2ncc(Cl)c(Nc3ccccc3S(=O)(=O)C(C)C)n2)cc1C.[Li+]. The van der Waals surface area contributed by atoms with E-state index in [0.29, 0.717) is 73.3 Å². The minimum Gasteiger partial charge on any atom is -0.489 e. The van der Waals surface area contributed by atoms with Crippen LogP contribution in [-0.4, -0.2) is 63.3 Å². The van der Waals surface area contributed by atoms with Gasteiger partial charge >= 0.3 is 18.9 Å². The van der Waals surface area contributed by atoms with Gasteiger partial charge in [-0.25, -0.2) is 13.4 Å². The van der Waals surface area contributed by atoms with E-state index in [1.54, 1.807) is 55.1 Å². The number of fused-ring (bicyclic) bond motifs is 1. The minimum atomic E-state index is -3.51. The number of hydrogen-bond acceptors (Lipinski definition) is 11. The zero-order valence-corrected chi connectivity index (χ0v) is 37.6. The average molecular weight is 864 g/mol. The fraction of sp³-hybridized carbons (Fsp3) is 0.391. The molecule has 61 heavy (non-hydrogen) atoms. The monoisotopic (exact) mass is 863 g/mol. The van der Waals surface area contributed by atoms with Crippen LogP contribution < -0.4 is 34.2 Å². The second-order valence-electron chi connectivity index (χ2n) is 15.7. The standard InChI is InChI=1S/C25H30ClN4O3S.C21H25NO4.Li/c1-7-18-13-22(33-15(2)3)21(12-17(18)6)29-25-27-14-19(26)24(30-25)28-20-10-8-9-11-23(20)34(31,32)16(4)5;1-3-21(26,4-2)15-8-10-17-14(12-15)13-22(20(17)25)18-11-9-16(23)6-5-7-19(18)24;/h8-16H,1,7H2,2-6H3,(H2,27,28,29,30);8,10,12,18,26H,1-7,9,11,13H2;/q-1;-2;+1. The molecule has 322 valence electrons. The second kappa shape index (κ2) is 21.2. The van der Waals surface area contributed by atoms with Crippen LogP contribution in [-0.2, 0) is 38.0 Å². The number of carbonyl (C=O) groups is 3. The van der Waals surface area contributed by atoms with Gasteiger partial charge in [0.25, 0.3) is 5.91 Å². The first kappa shape index (κ1) is 49.4. The predicted molar refractivity (Wildman–Crippen MR) is 235 cm³/mol. The molecule has 1 fully saturated rings. The molecule has 12 nitrogen and oxygen atoms in total. The van der Waals surface area contributed by atoms with E-state index >= 15 is 0 Å². The minimum absolute atomic E-state index is 0. The number of aliphatic hydroxyl groups is 1. The van der Waals surface area contributed by atoms with Crippen molar-refractivity contribution in [1.82, 2.24) is 14.9 Å². The van der Waals surface area contributed by atoms with Gasteiger partial charge in [-0.2, -0.15) is 24.2 Å². The van der Waals surface area contributed by atoms with Crippen molar-refractivity contribution < 1.29 is 51.5 Å². The quantitative estimate of drug-likeness (QED) is 0.106. The maximum atomic E-state index is 12.8. The molecule has 0 radical (unpaired) electrons. The number of nitrogens with one attached hydrogen (secondary N) is 2. The van der Waals surface area contributed by atoms with E-state index in [-0.39, 0.29) is 77.0 Å². The number of aryl methyl sites for hydroxylation is 1. The zero-order chi connectivity index (χ0) is 43.9. The molecule has 0 spiro atoms. The Morgan fingerprint density at radius 2 is 1.67 bits per heavy atom. The van der Waals surface area contributed by atoms with Crippen molar-refractivity contribution >= 4 is 62.1 Å². The summed E-state index contributed by atoms with van der Waals surface area (Å²) in [5.74, 6) is 1.25. The molecule has 3 N–H and O–H groups in total. The Morgan fingerprint density at radius 3 is 2.33 bits per heavy atom. The van der Waals surface area contributed by atoms with E-state index in [1.165, 1.54) is 6.20 Å². The van der Waals surface area contributed by atoms with Gasteiger partial charge in [0.2, 0.25) is 5.95 Å². The van der Waals surface area contributed by atoms with E-state index in [1.807, 2.05) is 39.0 Å². The van der Waals surface area contributed by atoms with Gasteiger partial charge in [-0.1, -0.05) is 41.4 Å². The Morgan fingerprint density at radius 1 is 0.967 bits per heavy atom. The number of sulfone groups is 1. The van der Waals surface area contributed by atoms with Crippen molar-refractivity contribution in [3.63, 3.8) is 0 Å². The van der Waals surface area contributed by atoms with Crippen LogP contribution in [0, 0.1) is 27.7 Å². The fourth-order valence-electron chi connectivity index (χ4n) is 7.12. The number of anilines is 4. The molecule has 1 atom stereocenters. The van der Waals surface area contributed by atoms with Gasteiger partial charge in [0.05, 0.1) is 39.9 Å². The van der Waals surface area contributed by atoms with Gasteiger partial charge in [0.15, 0.2) is 21.4 Å². The van der Waals surface area contributed by atoms with E-state index in [2.05, 4.69) is 41.4 Å². The summed E-state index contributed by atoms with van der Waals surface area (Å²) < 4.78 is 31.6. The van der Waals surface area contributed by atoms with Gasteiger partial charge in [-0.3, -0.25) is 14.4 Å². The largest absolute Gasteiger partial charge is 1.00 e. The van der Waals surface area contributed by atoms with E-state index < -0.39 is 26.7 Å². The number of aromatic nitrogens is 2. The predicted octanol–water partition coefficient (Wildman–Crippen LogP) is 6.02. The molecule has 0 bridgehead atoms. The molecule has 2 aliphatic rings. The summed E-state index contributed by atoms with van der Waals surface area (Å²) in [5, 5.41) is 16.6. The van der Waals surface area contributed by atoms with Crippen molar-refractivity contribution in [3.05, 3.63) is 114 Å². The molecular formula is C46H55ClLiN5O7S-2. The van der Waals surface area contributed by atoms with Crippen LogP contribution in [0.1, 0.15) is 105 Å². The fourth-order valence-corrected chi connectivity index (χ4v) is 8.46. The maximum Gasteiger partial charge on any atom is 1.00 e. The maximum absolute atomic E-state index is 12.8. The zero-order valence-electron chi connectivity index (χ0n) is 36.0. The smallest absolute Gasteiger partial charge is 0.489 e. The van der Waals surface area contributed by atoms with Crippen LogP contribution in [0.25, 0.3) is 0 Å². The number of Topliss-reactive ketones (excluding diaryl/α,β-unsaturated/α-hetero) is 2. The summed E-state index contributed by atoms with van der Waals surface area (Å²) in [6.45, 7) is 21.1. The molecule has 1 saturated carbocycles. The van der Waals surface area contributed by atoms with E-state index in [0.717, 1.165) is 16.7 Å². The Kier molecular flexibility index (Phi) is 17.2. The molecule has 3 aromatic carbocycles. The van der Waals surface area contributed by atoms with E-state index in [4.69, 9.17) is 16.3 Å². The summed E-state index contributed by atoms with van der Waals surface area (Å²) >= 11 is 6.35. The van der Waals surface area contributed by atoms with Crippen molar-refractivity contribution in [2.75, 3.05) is 10.6 Å². The topological polar surface area (TPSA) is 168 Å². The first-order valence-electron chi connectivity index (χ1n) is 20.2. The second-order valence-corrected chi connectivity index (χ2v) is 18.6. The van der Waals surface area contributed by atoms with Crippen molar-refractivity contribution in [1.29, 1.82) is 0 Å². The molecular weight excluding hydrogens is 809 g/mol. The number of ketones is 2. The number of halogens is 1. The summed E-state index contributed by atoms with van der Waals surface area (Å²) in [5.41, 5.74) is 4.18. The number of nitrogens with zero attached hydrogens (tertiary/aromatic N) is 3. The number of amides is 1. The third-order valence-corrected chi connectivity index (χ3v) is 13.2. The molecule has 4 aromatic rings. The van der Waals surface area contributed by atoms with Gasteiger partial charge in [0.1, 0.15) is 16.6 Å². The van der Waals surface area contributed by atoms with Crippen LogP contribution in [0.4, 0.5) is 23.1 Å². The Bertz CT molecular complexity index is 2340. The molecule has 6 rings (SSSR count). The third kappa shape index (κ3) is 11.6. The molecule has 15 heteroatoms. The van der Waals surface area contributed by atoms with Gasteiger partial charge in [-0.05, 0) is 94.5 Å². The molecule has 2 heterocycles. The first-order valence-corrected chi connectivity index (χ1v) is 22.1. The van der Waals surface area contributed by atoms with Gasteiger partial charge in [0, 0.05) is 37.0 Å². The molecule has 0 saturated heterocycles. The molecule has 1 amide bonds. The van der Waals surface area contributed by atoms with Crippen molar-refractivity contribution in [3.8, 4) is 5.75 Å². The Labute approximate surface area is 377 Å². The first-order chi connectivity index (χ1) is 28.4. The van der Waals surface area contributed by atoms with E-state index in [9.17, 15) is 27.9 Å². The summed E-state index contributed by atoms with van der Waals surface area (Å²) in [6, 6.07) is 15.3. The van der Waals surface area contributed by atoms with Crippen LogP contribution in [0.3, 0.4) is 0 Å². The van der Waals surface area contributed by atoms with Crippen LogP contribution in [0.5, 0.6) is 5.75 Å². The average Bonchev–Trinajstić information content (AvgIpc) is 3.54. The Balaban J connectivity index is 0.000000273. The third-order valence-electron chi connectivity index (χ3n) is 10.8. The van der Waals surface area contributed by atoms with Gasteiger partial charge < -0.3 is 46.1 Å². The number of rotatable bonds is 13. The number of hydrogen-bond donors (Lipinski definition) is 3. The number of para-hydroxylation sites is 1. The number of ether oxygens (including phenoxy) is 1. The van der Waals surface area contributed by atoms with Crippen LogP contribution >= 0.6 is 11.6 Å². The molecule has 1 aliphatic heterocycles.